The van der Waals surface area contributed by atoms with Crippen LogP contribution in [0.2, 0.25) is 0 Å². The van der Waals surface area contributed by atoms with Crippen LogP contribution in [0.3, 0.4) is 0 Å². The van der Waals surface area contributed by atoms with Crippen molar-refractivity contribution < 1.29 is 8.42 Å². The summed E-state index contributed by atoms with van der Waals surface area (Å²) in [7, 11) is -3.53. The number of aromatic amines is 1. The maximum Gasteiger partial charge on any atom is 0.300 e. The number of nitrogens with zero attached hydrogens (tertiary/aromatic N) is 1. The predicted molar refractivity (Wildman–Crippen MR) is 63.5 cm³/mol. The van der Waals surface area contributed by atoms with E-state index in [1.165, 1.54) is 0 Å². The summed E-state index contributed by atoms with van der Waals surface area (Å²) in [6, 6.07) is 1.53. The van der Waals surface area contributed by atoms with Gasteiger partial charge < -0.3 is 0 Å². The summed E-state index contributed by atoms with van der Waals surface area (Å²) < 4.78 is 27.8. The summed E-state index contributed by atoms with van der Waals surface area (Å²) >= 11 is 0. The normalized spacial score (nSPS) is 12.4. The van der Waals surface area contributed by atoms with Crippen LogP contribution < -0.4 is 9.44 Å². The standard InChI is InChI=1S/C9H18N4O2S/c1-6(2)8-5-9(11-10-8)13-16(14,15)12-7(3)4/h5-7,12H,1-4H3,(H2,10,11,13). The fourth-order valence-corrected chi connectivity index (χ4v) is 2.22. The van der Waals surface area contributed by atoms with Crippen molar-refractivity contribution in [1.82, 2.24) is 14.9 Å². The van der Waals surface area contributed by atoms with Crippen molar-refractivity contribution in [2.24, 2.45) is 0 Å². The molecule has 7 heteroatoms. The predicted octanol–water partition coefficient (Wildman–Crippen LogP) is 1.19. The van der Waals surface area contributed by atoms with Crippen LogP contribution in [0.25, 0.3) is 0 Å². The van der Waals surface area contributed by atoms with Crippen LogP contribution in [-0.2, 0) is 10.2 Å². The van der Waals surface area contributed by atoms with Crippen molar-refractivity contribution >= 4 is 16.0 Å². The molecule has 1 aromatic heterocycles. The monoisotopic (exact) mass is 246 g/mol. The fourth-order valence-electron chi connectivity index (χ4n) is 1.16. The first-order valence-corrected chi connectivity index (χ1v) is 6.64. The van der Waals surface area contributed by atoms with Crippen LogP contribution >= 0.6 is 0 Å². The first kappa shape index (κ1) is 13.0. The van der Waals surface area contributed by atoms with Gasteiger partial charge in [-0.15, -0.1) is 0 Å². The highest BCUT2D eigenvalue weighted by atomic mass is 32.2. The minimum atomic E-state index is -3.53. The lowest BCUT2D eigenvalue weighted by Crippen LogP contribution is -2.35. The Kier molecular flexibility index (Phi) is 3.93. The number of hydrogen-bond acceptors (Lipinski definition) is 3. The molecule has 1 heterocycles. The molecule has 0 saturated carbocycles. The lowest BCUT2D eigenvalue weighted by atomic mass is 10.1. The van der Waals surface area contributed by atoms with Gasteiger partial charge in [-0.25, -0.2) is 0 Å². The summed E-state index contributed by atoms with van der Waals surface area (Å²) in [4.78, 5) is 0. The third kappa shape index (κ3) is 3.82. The number of aromatic nitrogens is 2. The van der Waals surface area contributed by atoms with Gasteiger partial charge in [-0.2, -0.15) is 18.2 Å². The second-order valence-corrected chi connectivity index (χ2v) is 5.69. The van der Waals surface area contributed by atoms with Gasteiger partial charge in [0.2, 0.25) is 0 Å². The molecular weight excluding hydrogens is 228 g/mol. The van der Waals surface area contributed by atoms with E-state index in [9.17, 15) is 8.42 Å². The Balaban J connectivity index is 2.73. The Hall–Kier alpha value is -1.08. The molecule has 0 aliphatic carbocycles. The molecule has 0 fully saturated rings. The number of anilines is 1. The summed E-state index contributed by atoms with van der Waals surface area (Å²) in [6.07, 6.45) is 0. The second kappa shape index (κ2) is 4.84. The molecule has 0 saturated heterocycles. The molecule has 0 amide bonds. The van der Waals surface area contributed by atoms with Crippen LogP contribution in [-0.4, -0.2) is 24.7 Å². The van der Waals surface area contributed by atoms with E-state index in [-0.39, 0.29) is 12.0 Å². The summed E-state index contributed by atoms with van der Waals surface area (Å²) in [5, 5.41) is 6.65. The lowest BCUT2D eigenvalue weighted by Gasteiger charge is -2.09. The van der Waals surface area contributed by atoms with Crippen molar-refractivity contribution in [2.45, 2.75) is 39.7 Å². The molecule has 0 bridgehead atoms. The molecule has 1 aromatic rings. The highest BCUT2D eigenvalue weighted by molar-refractivity contribution is 7.90. The highest BCUT2D eigenvalue weighted by Crippen LogP contribution is 2.15. The van der Waals surface area contributed by atoms with Gasteiger partial charge in [0.25, 0.3) is 0 Å². The van der Waals surface area contributed by atoms with Gasteiger partial charge in [-0.1, -0.05) is 13.8 Å². The quantitative estimate of drug-likeness (QED) is 0.729. The Morgan fingerprint density at radius 2 is 1.94 bits per heavy atom. The average Bonchev–Trinajstić information content (AvgIpc) is 2.48. The molecule has 0 spiro atoms. The van der Waals surface area contributed by atoms with E-state index in [2.05, 4.69) is 19.6 Å². The minimum absolute atomic E-state index is 0.152. The van der Waals surface area contributed by atoms with E-state index in [0.717, 1.165) is 5.69 Å². The average molecular weight is 246 g/mol. The van der Waals surface area contributed by atoms with E-state index in [4.69, 9.17) is 0 Å². The number of hydrogen-bond donors (Lipinski definition) is 3. The van der Waals surface area contributed by atoms with Gasteiger partial charge in [-0.05, 0) is 19.8 Å². The molecule has 16 heavy (non-hydrogen) atoms. The van der Waals surface area contributed by atoms with Gasteiger partial charge in [0, 0.05) is 17.8 Å². The van der Waals surface area contributed by atoms with E-state index >= 15 is 0 Å². The van der Waals surface area contributed by atoms with Crippen LogP contribution in [0, 0.1) is 0 Å². The molecule has 3 N–H and O–H groups in total. The molecule has 0 unspecified atom stereocenters. The SMILES string of the molecule is CC(C)NS(=O)(=O)Nc1cc(C(C)C)[nH]n1. The van der Waals surface area contributed by atoms with Crippen LogP contribution in [0.1, 0.15) is 39.3 Å². The Bertz CT molecular complexity index is 436. The van der Waals surface area contributed by atoms with Crippen LogP contribution in [0.5, 0.6) is 0 Å². The molecule has 6 nitrogen and oxygen atoms in total. The molecule has 0 aromatic carbocycles. The Morgan fingerprint density at radius 1 is 1.31 bits per heavy atom. The zero-order chi connectivity index (χ0) is 12.3. The first-order chi connectivity index (χ1) is 7.30. The smallest absolute Gasteiger partial charge is 0.280 e. The van der Waals surface area contributed by atoms with E-state index in [1.54, 1.807) is 19.9 Å². The van der Waals surface area contributed by atoms with Gasteiger partial charge in [0.1, 0.15) is 0 Å². The molecule has 0 aliphatic rings. The Labute approximate surface area is 96.0 Å². The molecule has 0 atom stereocenters. The van der Waals surface area contributed by atoms with Crippen molar-refractivity contribution in [2.75, 3.05) is 4.72 Å². The van der Waals surface area contributed by atoms with Crippen molar-refractivity contribution in [3.63, 3.8) is 0 Å². The molecule has 1 rings (SSSR count). The number of H-pyrrole nitrogens is 1. The van der Waals surface area contributed by atoms with Gasteiger partial charge >= 0.3 is 10.2 Å². The van der Waals surface area contributed by atoms with Crippen molar-refractivity contribution in [1.29, 1.82) is 0 Å². The number of rotatable bonds is 5. The zero-order valence-corrected chi connectivity index (χ0v) is 10.7. The van der Waals surface area contributed by atoms with Gasteiger partial charge in [-0.3, -0.25) is 9.82 Å². The largest absolute Gasteiger partial charge is 0.300 e. The number of nitrogens with one attached hydrogen (secondary N) is 3. The maximum absolute atomic E-state index is 11.5. The van der Waals surface area contributed by atoms with Gasteiger partial charge in [0.05, 0.1) is 0 Å². The van der Waals surface area contributed by atoms with Crippen LogP contribution in [0.4, 0.5) is 5.82 Å². The fraction of sp³-hybridized carbons (Fsp3) is 0.667. The summed E-state index contributed by atoms with van der Waals surface area (Å²) in [6.45, 7) is 7.50. The van der Waals surface area contributed by atoms with E-state index < -0.39 is 10.2 Å². The zero-order valence-electron chi connectivity index (χ0n) is 9.90. The second-order valence-electron chi connectivity index (χ2n) is 4.24. The van der Waals surface area contributed by atoms with Crippen molar-refractivity contribution in [3.05, 3.63) is 11.8 Å². The molecular formula is C9H18N4O2S. The Morgan fingerprint density at radius 3 is 2.38 bits per heavy atom. The van der Waals surface area contributed by atoms with Gasteiger partial charge in [0.15, 0.2) is 5.82 Å². The van der Waals surface area contributed by atoms with Crippen LogP contribution in [0.15, 0.2) is 6.07 Å². The lowest BCUT2D eigenvalue weighted by molar-refractivity contribution is 0.575. The minimum Gasteiger partial charge on any atom is -0.280 e. The van der Waals surface area contributed by atoms with Crippen molar-refractivity contribution in [3.8, 4) is 0 Å². The third-order valence-electron chi connectivity index (χ3n) is 1.85. The molecule has 92 valence electrons. The topological polar surface area (TPSA) is 86.9 Å². The molecule has 0 aliphatic heterocycles. The first-order valence-electron chi connectivity index (χ1n) is 5.15. The van der Waals surface area contributed by atoms with E-state index in [0.29, 0.717) is 5.82 Å². The maximum atomic E-state index is 11.5. The summed E-state index contributed by atoms with van der Waals surface area (Å²) in [5.41, 5.74) is 0.891. The third-order valence-corrected chi connectivity index (χ3v) is 3.11. The van der Waals surface area contributed by atoms with E-state index in [1.807, 2.05) is 13.8 Å². The highest BCUT2D eigenvalue weighted by Gasteiger charge is 2.13. The summed E-state index contributed by atoms with van der Waals surface area (Å²) in [5.74, 6) is 0.584. The molecule has 0 radical (unpaired) electrons.